The Kier molecular flexibility index (Phi) is 2.48. The number of nitrogens with one attached hydrogen (secondary N) is 1. The van der Waals surface area contributed by atoms with Crippen molar-refractivity contribution in [2.24, 2.45) is 0 Å². The average molecular weight is 225 g/mol. The molecule has 2 nitrogen and oxygen atoms in total. The maximum absolute atomic E-state index is 5.44. The second kappa shape index (κ2) is 4.13. The fourth-order valence-corrected chi connectivity index (χ4v) is 2.39. The maximum atomic E-state index is 5.44. The molecule has 0 unspecified atom stereocenters. The van der Waals surface area contributed by atoms with Crippen molar-refractivity contribution in [1.82, 2.24) is 0 Å². The summed E-state index contributed by atoms with van der Waals surface area (Å²) in [6.07, 6.45) is 0.933. The summed E-state index contributed by atoms with van der Waals surface area (Å²) in [5, 5.41) is 3.48. The highest BCUT2D eigenvalue weighted by Gasteiger charge is 2.15. The second-order valence-corrected chi connectivity index (χ2v) is 4.29. The highest BCUT2D eigenvalue weighted by molar-refractivity contribution is 5.61. The molecule has 3 rings (SSSR count). The molecule has 86 valence electrons. The first-order valence-electron chi connectivity index (χ1n) is 5.85. The number of anilines is 1. The van der Waals surface area contributed by atoms with Crippen molar-refractivity contribution in [1.29, 1.82) is 0 Å². The summed E-state index contributed by atoms with van der Waals surface area (Å²) in [4.78, 5) is 0. The highest BCUT2D eigenvalue weighted by atomic mass is 16.5. The van der Waals surface area contributed by atoms with E-state index in [9.17, 15) is 0 Å². The molecule has 0 bridgehead atoms. The van der Waals surface area contributed by atoms with Gasteiger partial charge in [0.2, 0.25) is 0 Å². The minimum Gasteiger partial charge on any atom is -0.496 e. The van der Waals surface area contributed by atoms with Crippen LogP contribution in [0.25, 0.3) is 0 Å². The van der Waals surface area contributed by atoms with Gasteiger partial charge in [-0.2, -0.15) is 0 Å². The molecule has 2 aromatic rings. The third kappa shape index (κ3) is 1.76. The van der Waals surface area contributed by atoms with Gasteiger partial charge in [-0.25, -0.2) is 0 Å². The van der Waals surface area contributed by atoms with Gasteiger partial charge >= 0.3 is 0 Å². The molecule has 0 saturated carbocycles. The maximum Gasteiger partial charge on any atom is 0.124 e. The van der Waals surface area contributed by atoms with Crippen molar-refractivity contribution in [2.45, 2.75) is 13.0 Å². The Hall–Kier alpha value is -1.96. The van der Waals surface area contributed by atoms with Gasteiger partial charge in [-0.05, 0) is 23.3 Å². The monoisotopic (exact) mass is 225 g/mol. The van der Waals surface area contributed by atoms with E-state index in [4.69, 9.17) is 4.74 Å². The van der Waals surface area contributed by atoms with Crippen molar-refractivity contribution < 1.29 is 4.74 Å². The molecule has 1 heterocycles. The molecule has 0 spiro atoms. The van der Waals surface area contributed by atoms with E-state index in [-0.39, 0.29) is 0 Å². The summed E-state index contributed by atoms with van der Waals surface area (Å²) >= 11 is 0. The lowest BCUT2D eigenvalue weighted by atomic mass is 10.00. The number of hydrogen-bond acceptors (Lipinski definition) is 2. The Morgan fingerprint density at radius 2 is 1.82 bits per heavy atom. The van der Waals surface area contributed by atoms with Crippen LogP contribution >= 0.6 is 0 Å². The van der Waals surface area contributed by atoms with Crippen molar-refractivity contribution >= 4 is 5.69 Å². The normalized spacial score (nSPS) is 13.0. The summed E-state index contributed by atoms with van der Waals surface area (Å²) in [7, 11) is 1.73. The molecule has 17 heavy (non-hydrogen) atoms. The molecule has 2 aromatic carbocycles. The van der Waals surface area contributed by atoms with Crippen LogP contribution in [0.3, 0.4) is 0 Å². The van der Waals surface area contributed by atoms with E-state index in [0.717, 1.165) is 18.7 Å². The van der Waals surface area contributed by atoms with Crippen molar-refractivity contribution in [3.05, 3.63) is 59.2 Å². The molecule has 2 heteroatoms. The molecule has 0 saturated heterocycles. The molecule has 0 aromatic heterocycles. The molecular formula is C15H15NO. The molecule has 1 aliphatic heterocycles. The number of hydrogen-bond donors (Lipinski definition) is 1. The number of fused-ring (bicyclic) bond motifs is 2. The first kappa shape index (κ1) is 10.2. The third-order valence-corrected chi connectivity index (χ3v) is 3.31. The van der Waals surface area contributed by atoms with E-state index in [1.54, 1.807) is 7.11 Å². The summed E-state index contributed by atoms with van der Waals surface area (Å²) in [5.41, 5.74) is 5.18. The standard InChI is InChI=1S/C15H15NO/c1-17-15-8-4-7-14-13(15)9-11-5-2-3-6-12(11)10-16-14/h2-8,16H,9-10H2,1H3. The lowest BCUT2D eigenvalue weighted by Gasteiger charge is -2.11. The number of benzene rings is 2. The highest BCUT2D eigenvalue weighted by Crippen LogP contribution is 2.32. The van der Waals surface area contributed by atoms with Crippen LogP contribution in [0.2, 0.25) is 0 Å². The van der Waals surface area contributed by atoms with Gasteiger partial charge in [0, 0.05) is 24.2 Å². The quantitative estimate of drug-likeness (QED) is 0.804. The molecular weight excluding hydrogens is 210 g/mol. The minimum absolute atomic E-state index is 0.885. The summed E-state index contributed by atoms with van der Waals surface area (Å²) in [6.45, 7) is 0.885. The number of rotatable bonds is 1. The van der Waals surface area contributed by atoms with E-state index in [1.165, 1.54) is 22.4 Å². The second-order valence-electron chi connectivity index (χ2n) is 4.29. The Balaban J connectivity index is 2.12. The largest absolute Gasteiger partial charge is 0.496 e. The van der Waals surface area contributed by atoms with Gasteiger partial charge in [0.25, 0.3) is 0 Å². The fourth-order valence-electron chi connectivity index (χ4n) is 2.39. The van der Waals surface area contributed by atoms with Gasteiger partial charge in [0.15, 0.2) is 0 Å². The van der Waals surface area contributed by atoms with E-state index in [1.807, 2.05) is 12.1 Å². The lowest BCUT2D eigenvalue weighted by Crippen LogP contribution is -1.99. The van der Waals surface area contributed by atoms with Crippen molar-refractivity contribution in [2.75, 3.05) is 12.4 Å². The molecule has 0 fully saturated rings. The van der Waals surface area contributed by atoms with Crippen LogP contribution in [0, 0.1) is 0 Å². The van der Waals surface area contributed by atoms with Gasteiger partial charge in [-0.3, -0.25) is 0 Å². The molecule has 0 aliphatic carbocycles. The van der Waals surface area contributed by atoms with E-state index in [2.05, 4.69) is 35.6 Å². The summed E-state index contributed by atoms with van der Waals surface area (Å²) in [5.74, 6) is 0.965. The van der Waals surface area contributed by atoms with Crippen LogP contribution in [0.4, 0.5) is 5.69 Å². The van der Waals surface area contributed by atoms with Crippen LogP contribution in [0.1, 0.15) is 16.7 Å². The van der Waals surface area contributed by atoms with Gasteiger partial charge in [0.1, 0.15) is 5.75 Å². The molecule has 1 aliphatic rings. The Morgan fingerprint density at radius 1 is 1.00 bits per heavy atom. The third-order valence-electron chi connectivity index (χ3n) is 3.31. The fraction of sp³-hybridized carbons (Fsp3) is 0.200. The van der Waals surface area contributed by atoms with Gasteiger partial charge < -0.3 is 10.1 Å². The van der Waals surface area contributed by atoms with Crippen molar-refractivity contribution in [3.63, 3.8) is 0 Å². The lowest BCUT2D eigenvalue weighted by molar-refractivity contribution is 0.411. The summed E-state index contributed by atoms with van der Waals surface area (Å²) in [6, 6.07) is 14.7. The Labute approximate surface area is 101 Å². The van der Waals surface area contributed by atoms with Gasteiger partial charge in [0.05, 0.1) is 7.11 Å². The van der Waals surface area contributed by atoms with Crippen LogP contribution in [0.15, 0.2) is 42.5 Å². The Bertz CT molecular complexity index is 548. The number of methoxy groups -OCH3 is 1. The van der Waals surface area contributed by atoms with Crippen molar-refractivity contribution in [3.8, 4) is 5.75 Å². The predicted molar refractivity (Wildman–Crippen MR) is 69.6 cm³/mol. The molecule has 1 N–H and O–H groups in total. The number of ether oxygens (including phenoxy) is 1. The summed E-state index contributed by atoms with van der Waals surface area (Å²) < 4.78 is 5.44. The zero-order valence-electron chi connectivity index (χ0n) is 9.86. The van der Waals surface area contributed by atoms with Crippen LogP contribution < -0.4 is 10.1 Å². The first-order valence-corrected chi connectivity index (χ1v) is 5.85. The van der Waals surface area contributed by atoms with Gasteiger partial charge in [-0.1, -0.05) is 30.3 Å². The van der Waals surface area contributed by atoms with E-state index in [0.29, 0.717) is 0 Å². The minimum atomic E-state index is 0.885. The van der Waals surface area contributed by atoms with Gasteiger partial charge in [-0.15, -0.1) is 0 Å². The van der Waals surface area contributed by atoms with Crippen LogP contribution in [-0.4, -0.2) is 7.11 Å². The Morgan fingerprint density at radius 3 is 2.65 bits per heavy atom. The van der Waals surface area contributed by atoms with Crippen LogP contribution in [-0.2, 0) is 13.0 Å². The van der Waals surface area contributed by atoms with Crippen LogP contribution in [0.5, 0.6) is 5.75 Å². The topological polar surface area (TPSA) is 21.3 Å². The zero-order valence-corrected chi connectivity index (χ0v) is 9.86. The first-order chi connectivity index (χ1) is 8.38. The molecule has 0 amide bonds. The predicted octanol–water partition coefficient (Wildman–Crippen LogP) is 3.21. The van der Waals surface area contributed by atoms with E-state index >= 15 is 0 Å². The SMILES string of the molecule is COc1cccc2c1Cc1ccccc1CN2. The zero-order chi connectivity index (χ0) is 11.7. The average Bonchev–Trinajstić information content (AvgIpc) is 2.57. The molecule has 0 radical (unpaired) electrons. The van der Waals surface area contributed by atoms with E-state index < -0.39 is 0 Å². The molecule has 0 atom stereocenters. The smallest absolute Gasteiger partial charge is 0.124 e.